The number of hydrogen-bond acceptors (Lipinski definition) is 3. The molecule has 0 aromatic heterocycles. The average Bonchev–Trinajstić information content (AvgIpc) is 2.34. The molecule has 0 unspecified atom stereocenters. The molecule has 0 spiro atoms. The van der Waals surface area contributed by atoms with Crippen molar-refractivity contribution in [3.63, 3.8) is 0 Å². The van der Waals surface area contributed by atoms with Crippen LogP contribution in [0.4, 0.5) is 0 Å². The number of carbonyl (C=O) groups is 1. The van der Waals surface area contributed by atoms with E-state index >= 15 is 0 Å². The van der Waals surface area contributed by atoms with Crippen LogP contribution in [0.15, 0.2) is 18.2 Å². The third kappa shape index (κ3) is 5.40. The third-order valence-corrected chi connectivity index (χ3v) is 3.84. The van der Waals surface area contributed by atoms with Crippen molar-refractivity contribution < 1.29 is 4.79 Å². The van der Waals surface area contributed by atoms with Crippen LogP contribution in [-0.4, -0.2) is 48.3 Å². The summed E-state index contributed by atoms with van der Waals surface area (Å²) in [7, 11) is 2.13. The first kappa shape index (κ1) is 20.0. The molecule has 2 rings (SSSR count). The van der Waals surface area contributed by atoms with Crippen molar-refractivity contribution in [2.45, 2.75) is 6.54 Å². The summed E-state index contributed by atoms with van der Waals surface area (Å²) in [6.07, 6.45) is 0. The molecule has 1 aromatic carbocycles. The highest BCUT2D eigenvalue weighted by molar-refractivity contribution is 6.67. The van der Waals surface area contributed by atoms with Crippen LogP contribution in [0.1, 0.15) is 15.9 Å². The summed E-state index contributed by atoms with van der Waals surface area (Å²) in [4.78, 5) is 15.7. The fourth-order valence-corrected chi connectivity index (χ4v) is 2.40. The fourth-order valence-electron chi connectivity index (χ4n) is 2.04. The Morgan fingerprint density at radius 2 is 1.80 bits per heavy atom. The smallest absolute Gasteiger partial charge is 0.252 e. The van der Waals surface area contributed by atoms with Crippen molar-refractivity contribution in [2.75, 3.05) is 33.2 Å². The lowest BCUT2D eigenvalue weighted by molar-refractivity contribution is 0.108. The van der Waals surface area contributed by atoms with Gasteiger partial charge in [-0.15, -0.1) is 24.8 Å². The maximum Gasteiger partial charge on any atom is 0.252 e. The molecule has 0 saturated carbocycles. The molecule has 0 amide bonds. The van der Waals surface area contributed by atoms with Crippen molar-refractivity contribution >= 4 is 53.3 Å². The molecule has 0 bridgehead atoms. The monoisotopic (exact) mass is 358 g/mol. The second-order valence-corrected chi connectivity index (χ2v) is 5.41. The van der Waals surface area contributed by atoms with Gasteiger partial charge in [-0.25, -0.2) is 0 Å². The quantitative estimate of drug-likeness (QED) is 0.773. The zero-order valence-electron chi connectivity index (χ0n) is 11.1. The highest BCUT2D eigenvalue weighted by Crippen LogP contribution is 2.21. The fraction of sp³-hybridized carbons (Fsp3) is 0.462. The lowest BCUT2D eigenvalue weighted by atomic mass is 10.1. The van der Waals surface area contributed by atoms with Gasteiger partial charge in [0.1, 0.15) is 0 Å². The van der Waals surface area contributed by atoms with Crippen molar-refractivity contribution in [3.05, 3.63) is 34.3 Å². The maximum atomic E-state index is 11.0. The zero-order chi connectivity index (χ0) is 13.1. The molecule has 0 atom stereocenters. The van der Waals surface area contributed by atoms with Gasteiger partial charge in [0.2, 0.25) is 0 Å². The molecule has 3 nitrogen and oxygen atoms in total. The van der Waals surface area contributed by atoms with Crippen LogP contribution in [-0.2, 0) is 6.54 Å². The summed E-state index contributed by atoms with van der Waals surface area (Å²) in [5, 5.41) is 0.142. The van der Waals surface area contributed by atoms with Crippen LogP contribution in [0.2, 0.25) is 5.02 Å². The minimum absolute atomic E-state index is 0. The van der Waals surface area contributed by atoms with Gasteiger partial charge in [0, 0.05) is 43.3 Å². The largest absolute Gasteiger partial charge is 0.304 e. The summed E-state index contributed by atoms with van der Waals surface area (Å²) in [5.41, 5.74) is 1.49. The molecule has 0 N–H and O–H groups in total. The van der Waals surface area contributed by atoms with Gasteiger partial charge >= 0.3 is 0 Å². The number of nitrogens with zero attached hydrogens (tertiary/aromatic N) is 2. The highest BCUT2D eigenvalue weighted by Gasteiger charge is 2.15. The molecule has 1 heterocycles. The molecule has 1 aromatic rings. The number of piperazine rings is 1. The molecule has 114 valence electrons. The van der Waals surface area contributed by atoms with E-state index in [1.165, 1.54) is 0 Å². The number of hydrogen-bond donors (Lipinski definition) is 0. The predicted molar refractivity (Wildman–Crippen MR) is 88.9 cm³/mol. The van der Waals surface area contributed by atoms with Crippen LogP contribution < -0.4 is 0 Å². The van der Waals surface area contributed by atoms with E-state index in [-0.39, 0.29) is 24.8 Å². The Morgan fingerprint density at radius 1 is 1.20 bits per heavy atom. The van der Waals surface area contributed by atoms with Crippen molar-refractivity contribution in [1.82, 2.24) is 9.80 Å². The second-order valence-electron chi connectivity index (χ2n) is 4.66. The van der Waals surface area contributed by atoms with E-state index in [4.69, 9.17) is 23.2 Å². The highest BCUT2D eigenvalue weighted by atomic mass is 35.5. The Hall–Kier alpha value is -0.0300. The Morgan fingerprint density at radius 3 is 2.30 bits per heavy atom. The van der Waals surface area contributed by atoms with Gasteiger partial charge in [-0.3, -0.25) is 9.69 Å². The van der Waals surface area contributed by atoms with Gasteiger partial charge in [0.25, 0.3) is 5.24 Å². The first-order valence-corrected chi connectivity index (χ1v) is 6.71. The van der Waals surface area contributed by atoms with Gasteiger partial charge in [-0.1, -0.05) is 17.7 Å². The minimum Gasteiger partial charge on any atom is -0.304 e. The van der Waals surface area contributed by atoms with E-state index in [9.17, 15) is 4.79 Å². The summed E-state index contributed by atoms with van der Waals surface area (Å²) < 4.78 is 0. The number of likely N-dealkylation sites (N-methyl/N-ethyl adjacent to an activating group) is 1. The first-order chi connectivity index (χ1) is 8.56. The zero-order valence-corrected chi connectivity index (χ0v) is 14.3. The van der Waals surface area contributed by atoms with Crippen molar-refractivity contribution in [2.24, 2.45) is 0 Å². The van der Waals surface area contributed by atoms with Gasteiger partial charge < -0.3 is 4.90 Å². The molecule has 0 aliphatic carbocycles. The average molecular weight is 360 g/mol. The van der Waals surface area contributed by atoms with Crippen molar-refractivity contribution in [3.8, 4) is 0 Å². The summed E-state index contributed by atoms with van der Waals surface area (Å²) >= 11 is 11.6. The van der Waals surface area contributed by atoms with Crippen LogP contribution in [0.5, 0.6) is 0 Å². The van der Waals surface area contributed by atoms with Crippen LogP contribution >= 0.6 is 48.0 Å². The Bertz CT molecular complexity index is 448. The minimum atomic E-state index is -0.469. The van der Waals surface area contributed by atoms with E-state index in [2.05, 4.69) is 16.8 Å². The SMILES string of the molecule is CN1CCN(Cc2ccc(C(=O)Cl)cc2Cl)CC1.Cl.Cl. The van der Waals surface area contributed by atoms with E-state index in [1.54, 1.807) is 12.1 Å². The van der Waals surface area contributed by atoms with Crippen molar-refractivity contribution in [1.29, 1.82) is 0 Å². The lowest BCUT2D eigenvalue weighted by Crippen LogP contribution is -2.43. The van der Waals surface area contributed by atoms with Crippen LogP contribution in [0, 0.1) is 0 Å². The molecule has 1 aliphatic rings. The third-order valence-electron chi connectivity index (χ3n) is 3.27. The summed E-state index contributed by atoms with van der Waals surface area (Å²) in [5.74, 6) is 0. The van der Waals surface area contributed by atoms with E-state index in [0.717, 1.165) is 38.3 Å². The summed E-state index contributed by atoms with van der Waals surface area (Å²) in [6, 6.07) is 5.26. The van der Waals surface area contributed by atoms with E-state index in [1.807, 2.05) is 6.07 Å². The Kier molecular flexibility index (Phi) is 9.07. The molecule has 20 heavy (non-hydrogen) atoms. The second kappa shape index (κ2) is 9.08. The molecule has 0 radical (unpaired) electrons. The van der Waals surface area contributed by atoms with Crippen LogP contribution in [0.25, 0.3) is 0 Å². The molecular weight excluding hydrogens is 342 g/mol. The Labute approximate surface area is 142 Å². The van der Waals surface area contributed by atoms with Gasteiger partial charge in [0.05, 0.1) is 0 Å². The van der Waals surface area contributed by atoms with Gasteiger partial charge in [-0.05, 0) is 36.3 Å². The number of benzene rings is 1. The van der Waals surface area contributed by atoms with E-state index < -0.39 is 5.24 Å². The number of rotatable bonds is 3. The number of carbonyl (C=O) groups excluding carboxylic acids is 1. The first-order valence-electron chi connectivity index (χ1n) is 5.95. The molecule has 1 aliphatic heterocycles. The maximum absolute atomic E-state index is 11.0. The molecule has 1 saturated heterocycles. The van der Waals surface area contributed by atoms with Gasteiger partial charge in [-0.2, -0.15) is 0 Å². The predicted octanol–water partition coefficient (Wildman–Crippen LogP) is 3.31. The molecule has 7 heteroatoms. The molecule has 1 fully saturated rings. The summed E-state index contributed by atoms with van der Waals surface area (Å²) in [6.45, 7) is 5.07. The standard InChI is InChI=1S/C13H16Cl2N2O.2ClH/c1-16-4-6-17(7-5-16)9-11-3-2-10(13(15)18)8-12(11)14;;/h2-3,8H,4-7,9H2,1H3;2*1H. The Balaban J connectivity index is 0.00000180. The number of halogens is 4. The van der Waals surface area contributed by atoms with Gasteiger partial charge in [0.15, 0.2) is 0 Å². The topological polar surface area (TPSA) is 23.6 Å². The lowest BCUT2D eigenvalue weighted by Gasteiger charge is -2.32. The van der Waals surface area contributed by atoms with E-state index in [0.29, 0.717) is 10.6 Å². The molecular formula is C13H18Cl4N2O. The normalized spacial score (nSPS) is 16.1. The van der Waals surface area contributed by atoms with Crippen LogP contribution in [0.3, 0.4) is 0 Å².